The van der Waals surface area contributed by atoms with E-state index < -0.39 is 5.97 Å². The van der Waals surface area contributed by atoms with E-state index >= 15 is 0 Å². The van der Waals surface area contributed by atoms with Gasteiger partial charge in [0.05, 0.1) is 0 Å². The molecule has 0 bridgehead atoms. The minimum absolute atomic E-state index is 0.252. The molecule has 1 aliphatic rings. The largest absolute Gasteiger partial charge is 0.480 e. The number of hydrogen-bond acceptors (Lipinski definition) is 2. The van der Waals surface area contributed by atoms with Crippen LogP contribution in [0.2, 0.25) is 0 Å². The summed E-state index contributed by atoms with van der Waals surface area (Å²) in [5, 5.41) is 9.19. The third-order valence-electron chi connectivity index (χ3n) is 3.80. The van der Waals surface area contributed by atoms with Gasteiger partial charge >= 0.3 is 5.97 Å². The van der Waals surface area contributed by atoms with E-state index in [1.54, 1.807) is 0 Å². The molecule has 94 valence electrons. The van der Waals surface area contributed by atoms with Crippen molar-refractivity contribution >= 4 is 5.97 Å². The van der Waals surface area contributed by atoms with Crippen molar-refractivity contribution in [3.63, 3.8) is 0 Å². The van der Waals surface area contributed by atoms with Crippen LogP contribution in [0.15, 0.2) is 0 Å². The highest BCUT2D eigenvalue weighted by molar-refractivity contribution is 5.73. The van der Waals surface area contributed by atoms with Crippen molar-refractivity contribution in [3.05, 3.63) is 0 Å². The highest BCUT2D eigenvalue weighted by Crippen LogP contribution is 2.26. The Morgan fingerprint density at radius 1 is 1.38 bits per heavy atom. The van der Waals surface area contributed by atoms with Crippen LogP contribution in [0.3, 0.4) is 0 Å². The zero-order valence-corrected chi connectivity index (χ0v) is 10.8. The van der Waals surface area contributed by atoms with Crippen LogP contribution < -0.4 is 0 Å². The van der Waals surface area contributed by atoms with Crippen LogP contribution in [-0.2, 0) is 4.79 Å². The average Bonchev–Trinajstić information content (AvgIpc) is 2.25. The molecule has 1 fully saturated rings. The summed E-state index contributed by atoms with van der Waals surface area (Å²) in [7, 11) is 0. The van der Waals surface area contributed by atoms with Gasteiger partial charge in [0.2, 0.25) is 0 Å². The van der Waals surface area contributed by atoms with Crippen LogP contribution in [-0.4, -0.2) is 35.1 Å². The fourth-order valence-electron chi connectivity index (χ4n) is 2.63. The zero-order chi connectivity index (χ0) is 12.1. The molecule has 0 aromatic heterocycles. The predicted octanol–water partition coefficient (Wildman–Crippen LogP) is 2.61. The molecular weight excluding hydrogens is 202 g/mol. The molecule has 0 radical (unpaired) electrons. The topological polar surface area (TPSA) is 40.5 Å². The van der Waals surface area contributed by atoms with Crippen molar-refractivity contribution in [1.29, 1.82) is 0 Å². The van der Waals surface area contributed by atoms with Crippen molar-refractivity contribution in [2.45, 2.75) is 52.5 Å². The molecule has 0 spiro atoms. The molecule has 1 rings (SSSR count). The van der Waals surface area contributed by atoms with E-state index in [1.807, 2.05) is 0 Å². The standard InChI is InChI=1S/C13H25NO2/c1-4-5-12(13(15)16)14-8-6-11(7-9-14)10(2)3/h10-12H,4-9H2,1-3H3,(H,15,16). The lowest BCUT2D eigenvalue weighted by atomic mass is 9.86. The molecule has 0 amide bonds. The highest BCUT2D eigenvalue weighted by atomic mass is 16.4. The summed E-state index contributed by atoms with van der Waals surface area (Å²) in [4.78, 5) is 13.3. The molecule has 1 N–H and O–H groups in total. The second-order valence-electron chi connectivity index (χ2n) is 5.26. The first-order chi connectivity index (χ1) is 7.56. The molecule has 1 aliphatic heterocycles. The molecule has 0 aromatic rings. The van der Waals surface area contributed by atoms with Gasteiger partial charge in [0, 0.05) is 0 Å². The number of piperidine rings is 1. The van der Waals surface area contributed by atoms with E-state index in [0.717, 1.165) is 50.6 Å². The van der Waals surface area contributed by atoms with Crippen LogP contribution in [0, 0.1) is 11.8 Å². The number of hydrogen-bond donors (Lipinski definition) is 1. The van der Waals surface area contributed by atoms with E-state index in [0.29, 0.717) is 0 Å². The monoisotopic (exact) mass is 227 g/mol. The molecule has 1 unspecified atom stereocenters. The maximum Gasteiger partial charge on any atom is 0.320 e. The van der Waals surface area contributed by atoms with Crippen molar-refractivity contribution in [2.75, 3.05) is 13.1 Å². The molecule has 1 atom stereocenters. The zero-order valence-electron chi connectivity index (χ0n) is 10.8. The summed E-state index contributed by atoms with van der Waals surface area (Å²) in [6, 6.07) is -0.252. The molecule has 16 heavy (non-hydrogen) atoms. The van der Waals surface area contributed by atoms with E-state index in [-0.39, 0.29) is 6.04 Å². The molecule has 1 saturated heterocycles. The van der Waals surface area contributed by atoms with Gasteiger partial charge in [-0.25, -0.2) is 0 Å². The fourth-order valence-corrected chi connectivity index (χ4v) is 2.63. The summed E-state index contributed by atoms with van der Waals surface area (Å²) < 4.78 is 0. The first kappa shape index (κ1) is 13.5. The smallest absolute Gasteiger partial charge is 0.320 e. The van der Waals surface area contributed by atoms with E-state index in [2.05, 4.69) is 25.7 Å². The summed E-state index contributed by atoms with van der Waals surface area (Å²) in [5.41, 5.74) is 0. The quantitative estimate of drug-likeness (QED) is 0.785. The molecule has 0 aliphatic carbocycles. The lowest BCUT2D eigenvalue weighted by Crippen LogP contribution is -2.46. The number of aliphatic carboxylic acids is 1. The van der Waals surface area contributed by atoms with Crippen molar-refractivity contribution in [2.24, 2.45) is 11.8 Å². The van der Waals surface area contributed by atoms with Crippen LogP contribution in [0.1, 0.15) is 46.5 Å². The normalized spacial score (nSPS) is 21.2. The van der Waals surface area contributed by atoms with E-state index in [9.17, 15) is 9.90 Å². The Morgan fingerprint density at radius 3 is 2.31 bits per heavy atom. The van der Waals surface area contributed by atoms with Gasteiger partial charge in [-0.2, -0.15) is 0 Å². The number of carboxylic acid groups (broad SMARTS) is 1. The summed E-state index contributed by atoms with van der Waals surface area (Å²) in [6.07, 6.45) is 4.04. The Kier molecular flexibility index (Phi) is 5.26. The number of likely N-dealkylation sites (tertiary alicyclic amines) is 1. The SMILES string of the molecule is CCCC(C(=O)O)N1CCC(C(C)C)CC1. The molecular formula is C13H25NO2. The minimum Gasteiger partial charge on any atom is -0.480 e. The van der Waals surface area contributed by atoms with E-state index in [1.165, 1.54) is 0 Å². The second-order valence-corrected chi connectivity index (χ2v) is 5.26. The molecule has 3 heteroatoms. The number of nitrogens with zero attached hydrogens (tertiary/aromatic N) is 1. The molecule has 3 nitrogen and oxygen atoms in total. The van der Waals surface area contributed by atoms with Gasteiger partial charge in [0.15, 0.2) is 0 Å². The Balaban J connectivity index is 2.47. The summed E-state index contributed by atoms with van der Waals surface area (Å²) in [5.74, 6) is 0.869. The Hall–Kier alpha value is -0.570. The van der Waals surface area contributed by atoms with Crippen molar-refractivity contribution in [1.82, 2.24) is 4.90 Å². The maximum atomic E-state index is 11.2. The maximum absolute atomic E-state index is 11.2. The Bertz CT molecular complexity index is 220. The summed E-state index contributed by atoms with van der Waals surface area (Å²) >= 11 is 0. The predicted molar refractivity (Wildman–Crippen MR) is 65.5 cm³/mol. The van der Waals surface area contributed by atoms with Gasteiger partial charge in [-0.1, -0.05) is 27.2 Å². The number of carbonyl (C=O) groups is 1. The highest BCUT2D eigenvalue weighted by Gasteiger charge is 2.29. The lowest BCUT2D eigenvalue weighted by molar-refractivity contribution is -0.144. The van der Waals surface area contributed by atoms with Gasteiger partial charge in [-0.15, -0.1) is 0 Å². The van der Waals surface area contributed by atoms with Crippen LogP contribution in [0.4, 0.5) is 0 Å². The van der Waals surface area contributed by atoms with Crippen molar-refractivity contribution in [3.8, 4) is 0 Å². The number of carboxylic acids is 1. The van der Waals surface area contributed by atoms with Crippen LogP contribution in [0.25, 0.3) is 0 Å². The lowest BCUT2D eigenvalue weighted by Gasteiger charge is -2.37. The second kappa shape index (κ2) is 6.24. The molecule has 0 saturated carbocycles. The Morgan fingerprint density at radius 2 is 1.94 bits per heavy atom. The molecule has 0 aromatic carbocycles. The van der Waals surface area contributed by atoms with Gasteiger partial charge in [0.25, 0.3) is 0 Å². The summed E-state index contributed by atoms with van der Waals surface area (Å²) in [6.45, 7) is 8.50. The number of rotatable bonds is 5. The Labute approximate surface area is 98.8 Å². The van der Waals surface area contributed by atoms with E-state index in [4.69, 9.17) is 0 Å². The minimum atomic E-state index is -0.648. The first-order valence-corrected chi connectivity index (χ1v) is 6.53. The van der Waals surface area contributed by atoms with Crippen molar-refractivity contribution < 1.29 is 9.90 Å². The van der Waals surface area contributed by atoms with Gasteiger partial charge in [-0.05, 0) is 44.2 Å². The first-order valence-electron chi connectivity index (χ1n) is 6.53. The van der Waals surface area contributed by atoms with Gasteiger partial charge in [-0.3, -0.25) is 9.69 Å². The van der Waals surface area contributed by atoms with Gasteiger partial charge in [0.1, 0.15) is 6.04 Å². The van der Waals surface area contributed by atoms with Crippen LogP contribution in [0.5, 0.6) is 0 Å². The third-order valence-corrected chi connectivity index (χ3v) is 3.80. The van der Waals surface area contributed by atoms with Crippen LogP contribution >= 0.6 is 0 Å². The van der Waals surface area contributed by atoms with Gasteiger partial charge < -0.3 is 5.11 Å². The average molecular weight is 227 g/mol. The molecule has 1 heterocycles. The third kappa shape index (κ3) is 3.48. The fraction of sp³-hybridized carbons (Fsp3) is 0.923.